The maximum atomic E-state index is 9.01. The minimum absolute atomic E-state index is 0.230. The third-order valence-electron chi connectivity index (χ3n) is 2.09. The highest BCUT2D eigenvalue weighted by atomic mass is 16.5. The Bertz CT molecular complexity index is 253. The van der Waals surface area contributed by atoms with Gasteiger partial charge in [0.15, 0.2) is 5.75 Å². The summed E-state index contributed by atoms with van der Waals surface area (Å²) in [6.07, 6.45) is 4.19. The molecule has 0 aliphatic carbocycles. The van der Waals surface area contributed by atoms with Gasteiger partial charge >= 0.3 is 0 Å². The number of rotatable bonds is 2. The van der Waals surface area contributed by atoms with Gasteiger partial charge in [0, 0.05) is 19.1 Å². The second-order valence-corrected chi connectivity index (χ2v) is 3.15. The molecular formula is C8H12N2O2. The van der Waals surface area contributed by atoms with Crippen LogP contribution in [0, 0.1) is 5.92 Å². The second kappa shape index (κ2) is 3.15. The third kappa shape index (κ3) is 1.58. The molecule has 1 aromatic rings. The summed E-state index contributed by atoms with van der Waals surface area (Å²) < 4.78 is 6.99. The minimum Gasteiger partial charge on any atom is -0.505 e. The molecule has 12 heavy (non-hydrogen) atoms. The molecule has 0 aromatic carbocycles. The van der Waals surface area contributed by atoms with Crippen LogP contribution in [0.5, 0.6) is 5.75 Å². The molecule has 4 heteroatoms. The molecule has 0 bridgehead atoms. The van der Waals surface area contributed by atoms with E-state index in [9.17, 15) is 0 Å². The zero-order chi connectivity index (χ0) is 8.39. The first-order valence-electron chi connectivity index (χ1n) is 4.14. The molecule has 2 rings (SSSR count). The van der Waals surface area contributed by atoms with Gasteiger partial charge in [-0.15, -0.1) is 0 Å². The normalized spacial score (nSPS) is 23.2. The fraction of sp³-hybridized carbons (Fsp3) is 0.625. The summed E-state index contributed by atoms with van der Waals surface area (Å²) in [7, 11) is 0. The van der Waals surface area contributed by atoms with Crippen LogP contribution in [0.25, 0.3) is 0 Å². The molecule has 1 fully saturated rings. The van der Waals surface area contributed by atoms with Crippen LogP contribution in [-0.4, -0.2) is 28.1 Å². The molecule has 0 saturated carbocycles. The van der Waals surface area contributed by atoms with Crippen molar-refractivity contribution in [1.82, 2.24) is 9.78 Å². The quantitative estimate of drug-likeness (QED) is 0.704. The molecule has 1 N–H and O–H groups in total. The molecule has 0 amide bonds. The lowest BCUT2D eigenvalue weighted by Crippen LogP contribution is -2.10. The van der Waals surface area contributed by atoms with Crippen molar-refractivity contribution in [2.24, 2.45) is 5.92 Å². The predicted molar refractivity (Wildman–Crippen MR) is 42.8 cm³/mol. The van der Waals surface area contributed by atoms with E-state index in [0.29, 0.717) is 5.92 Å². The van der Waals surface area contributed by atoms with Crippen LogP contribution in [-0.2, 0) is 11.3 Å². The second-order valence-electron chi connectivity index (χ2n) is 3.15. The molecule has 1 unspecified atom stereocenters. The van der Waals surface area contributed by atoms with Crippen LogP contribution in [0.3, 0.4) is 0 Å². The van der Waals surface area contributed by atoms with Gasteiger partial charge in [0.2, 0.25) is 0 Å². The predicted octanol–water partition coefficient (Wildman–Crippen LogP) is 0.625. The van der Waals surface area contributed by atoms with Crippen molar-refractivity contribution in [3.8, 4) is 5.75 Å². The largest absolute Gasteiger partial charge is 0.505 e. The number of hydrogen-bond acceptors (Lipinski definition) is 3. The number of ether oxygens (including phenoxy) is 1. The molecule has 0 spiro atoms. The van der Waals surface area contributed by atoms with Crippen LogP contribution in [0.1, 0.15) is 6.42 Å². The Morgan fingerprint density at radius 2 is 2.67 bits per heavy atom. The molecule has 4 nitrogen and oxygen atoms in total. The Kier molecular flexibility index (Phi) is 1.99. The van der Waals surface area contributed by atoms with E-state index in [0.717, 1.165) is 26.2 Å². The van der Waals surface area contributed by atoms with E-state index < -0.39 is 0 Å². The Balaban J connectivity index is 1.94. The van der Waals surface area contributed by atoms with Crippen LogP contribution < -0.4 is 0 Å². The summed E-state index contributed by atoms with van der Waals surface area (Å²) in [6, 6.07) is 0. The first-order valence-corrected chi connectivity index (χ1v) is 4.14. The van der Waals surface area contributed by atoms with E-state index in [2.05, 4.69) is 5.10 Å². The lowest BCUT2D eigenvalue weighted by atomic mass is 10.1. The maximum Gasteiger partial charge on any atom is 0.153 e. The maximum absolute atomic E-state index is 9.01. The van der Waals surface area contributed by atoms with Crippen molar-refractivity contribution >= 4 is 0 Å². The summed E-state index contributed by atoms with van der Waals surface area (Å²) in [5.74, 6) is 0.790. The minimum atomic E-state index is 0.230. The fourth-order valence-corrected chi connectivity index (χ4v) is 1.44. The van der Waals surface area contributed by atoms with Gasteiger partial charge < -0.3 is 9.84 Å². The van der Waals surface area contributed by atoms with Gasteiger partial charge in [-0.3, -0.25) is 4.68 Å². The van der Waals surface area contributed by atoms with E-state index in [1.54, 1.807) is 10.9 Å². The van der Waals surface area contributed by atoms with E-state index in [4.69, 9.17) is 9.84 Å². The molecule has 0 radical (unpaired) electrons. The smallest absolute Gasteiger partial charge is 0.153 e. The summed E-state index contributed by atoms with van der Waals surface area (Å²) in [6.45, 7) is 2.53. The number of aromatic hydroxyl groups is 1. The Labute approximate surface area is 70.8 Å². The van der Waals surface area contributed by atoms with Crippen molar-refractivity contribution in [2.75, 3.05) is 13.2 Å². The average Bonchev–Trinajstić information content (AvgIpc) is 2.63. The summed E-state index contributed by atoms with van der Waals surface area (Å²) in [5, 5.41) is 13.0. The molecule has 1 aliphatic rings. The fourth-order valence-electron chi connectivity index (χ4n) is 1.44. The van der Waals surface area contributed by atoms with Crippen LogP contribution in [0.15, 0.2) is 12.4 Å². The molecule has 1 saturated heterocycles. The number of aromatic nitrogens is 2. The lowest BCUT2D eigenvalue weighted by molar-refractivity contribution is 0.181. The Hall–Kier alpha value is -1.03. The summed E-state index contributed by atoms with van der Waals surface area (Å²) in [4.78, 5) is 0. The molecule has 1 aliphatic heterocycles. The molecule has 1 atom stereocenters. The van der Waals surface area contributed by atoms with Gasteiger partial charge in [-0.05, 0) is 6.42 Å². The van der Waals surface area contributed by atoms with Crippen molar-refractivity contribution in [3.63, 3.8) is 0 Å². The van der Waals surface area contributed by atoms with Crippen LogP contribution >= 0.6 is 0 Å². The van der Waals surface area contributed by atoms with E-state index in [1.807, 2.05) is 0 Å². The Morgan fingerprint density at radius 3 is 3.25 bits per heavy atom. The van der Waals surface area contributed by atoms with E-state index in [1.165, 1.54) is 6.20 Å². The number of nitrogens with zero attached hydrogens (tertiary/aromatic N) is 2. The van der Waals surface area contributed by atoms with Crippen molar-refractivity contribution in [3.05, 3.63) is 12.4 Å². The number of hydrogen-bond donors (Lipinski definition) is 1. The van der Waals surface area contributed by atoms with Gasteiger partial charge in [-0.25, -0.2) is 0 Å². The van der Waals surface area contributed by atoms with Gasteiger partial charge in [0.05, 0.1) is 19.0 Å². The molecule has 1 aromatic heterocycles. The van der Waals surface area contributed by atoms with Gasteiger partial charge in [0.1, 0.15) is 0 Å². The van der Waals surface area contributed by atoms with Crippen molar-refractivity contribution < 1.29 is 9.84 Å². The first kappa shape index (κ1) is 7.61. The van der Waals surface area contributed by atoms with Gasteiger partial charge in [0.25, 0.3) is 0 Å². The standard InChI is InChI=1S/C8H12N2O2/c11-8-3-9-10(5-8)4-7-1-2-12-6-7/h3,5,7,11H,1-2,4,6H2. The van der Waals surface area contributed by atoms with E-state index >= 15 is 0 Å². The van der Waals surface area contributed by atoms with Crippen LogP contribution in [0.2, 0.25) is 0 Å². The highest BCUT2D eigenvalue weighted by molar-refractivity contribution is 5.08. The summed E-state index contributed by atoms with van der Waals surface area (Å²) >= 11 is 0. The zero-order valence-corrected chi connectivity index (χ0v) is 6.81. The highest BCUT2D eigenvalue weighted by Gasteiger charge is 2.16. The first-order chi connectivity index (χ1) is 5.84. The van der Waals surface area contributed by atoms with Gasteiger partial charge in [-0.2, -0.15) is 5.10 Å². The molecular weight excluding hydrogens is 156 g/mol. The lowest BCUT2D eigenvalue weighted by Gasteiger charge is -2.05. The summed E-state index contributed by atoms with van der Waals surface area (Å²) in [5.41, 5.74) is 0. The Morgan fingerprint density at radius 1 is 1.75 bits per heavy atom. The van der Waals surface area contributed by atoms with E-state index in [-0.39, 0.29) is 5.75 Å². The van der Waals surface area contributed by atoms with Crippen molar-refractivity contribution in [1.29, 1.82) is 0 Å². The van der Waals surface area contributed by atoms with Crippen LogP contribution in [0.4, 0.5) is 0 Å². The van der Waals surface area contributed by atoms with Gasteiger partial charge in [-0.1, -0.05) is 0 Å². The monoisotopic (exact) mass is 168 g/mol. The SMILES string of the molecule is Oc1cnn(CC2CCOC2)c1. The molecule has 2 heterocycles. The highest BCUT2D eigenvalue weighted by Crippen LogP contribution is 2.15. The zero-order valence-electron chi connectivity index (χ0n) is 6.81. The third-order valence-corrected chi connectivity index (χ3v) is 2.09. The topological polar surface area (TPSA) is 47.3 Å². The average molecular weight is 168 g/mol. The van der Waals surface area contributed by atoms with Crippen molar-refractivity contribution in [2.45, 2.75) is 13.0 Å². The molecule has 66 valence electrons.